The van der Waals surface area contributed by atoms with Gasteiger partial charge in [-0.1, -0.05) is 19.6 Å². The van der Waals surface area contributed by atoms with Crippen molar-refractivity contribution in [3.8, 4) is 22.9 Å². The van der Waals surface area contributed by atoms with E-state index in [4.69, 9.17) is 19.4 Å². The van der Waals surface area contributed by atoms with Crippen molar-refractivity contribution in [2.75, 3.05) is 57.3 Å². The van der Waals surface area contributed by atoms with E-state index in [1.807, 2.05) is 19.1 Å². The van der Waals surface area contributed by atoms with Gasteiger partial charge < -0.3 is 24.2 Å². The zero-order valence-electron chi connectivity index (χ0n) is 32.1. The monoisotopic (exact) mass is 775 g/mol. The molecule has 4 aromatic rings. The van der Waals surface area contributed by atoms with E-state index in [1.54, 1.807) is 6.20 Å². The summed E-state index contributed by atoms with van der Waals surface area (Å²) in [6.07, 6.45) is 5.24. The van der Waals surface area contributed by atoms with Gasteiger partial charge >= 0.3 is 12.2 Å². The molecule has 3 saturated heterocycles. The highest BCUT2D eigenvalue weighted by molar-refractivity contribution is 6.06. The van der Waals surface area contributed by atoms with Crippen molar-refractivity contribution in [1.82, 2.24) is 30.0 Å². The molecule has 2 spiro atoms. The number of anilines is 1. The normalized spacial score (nSPS) is 21.1. The van der Waals surface area contributed by atoms with Gasteiger partial charge in [0.05, 0.1) is 11.7 Å². The molecule has 2 aromatic carbocycles. The lowest BCUT2D eigenvalue weighted by Gasteiger charge is -2.54. The van der Waals surface area contributed by atoms with Crippen LogP contribution in [0.1, 0.15) is 81.8 Å². The van der Waals surface area contributed by atoms with E-state index in [-0.39, 0.29) is 34.7 Å². The molecule has 2 aliphatic carbocycles. The number of aryl methyl sites for hydroxylation is 1. The molecular formula is C42H49F4N7O3. The van der Waals surface area contributed by atoms with Crippen LogP contribution < -0.4 is 14.4 Å². The van der Waals surface area contributed by atoms with Gasteiger partial charge in [0.2, 0.25) is 0 Å². The zero-order chi connectivity index (χ0) is 39.0. The van der Waals surface area contributed by atoms with Crippen LogP contribution in [0.2, 0.25) is 0 Å². The fourth-order valence-electron chi connectivity index (χ4n) is 9.99. The molecule has 1 amide bonds. The Kier molecular flexibility index (Phi) is 9.20. The van der Waals surface area contributed by atoms with Gasteiger partial charge in [0.25, 0.3) is 5.91 Å². The smallest absolute Gasteiger partial charge is 0.422 e. The zero-order valence-corrected chi connectivity index (χ0v) is 32.1. The predicted molar refractivity (Wildman–Crippen MR) is 206 cm³/mol. The van der Waals surface area contributed by atoms with E-state index in [0.717, 1.165) is 105 Å². The highest BCUT2D eigenvalue weighted by Crippen LogP contribution is 2.54. The van der Waals surface area contributed by atoms with E-state index in [2.05, 4.69) is 39.6 Å². The van der Waals surface area contributed by atoms with Crippen LogP contribution in [0.3, 0.4) is 0 Å². The number of H-pyrrole nitrogens is 1. The van der Waals surface area contributed by atoms with Crippen LogP contribution in [0.5, 0.6) is 11.8 Å². The molecule has 5 fully saturated rings. The molecule has 3 aliphatic heterocycles. The Morgan fingerprint density at radius 1 is 0.982 bits per heavy atom. The SMILES string of the molecule is C=C(F)C(=O)N1CC2(CCN(c3nc(OC4CCC5(CC4)CN(CCC)C5)nc4c(OCC(F)(F)F)c(-c5c(C)ccc6[nH]ncc56)c(C5CC5)cc34)CC2)C1. The Balaban J connectivity index is 1.13. The van der Waals surface area contributed by atoms with Crippen molar-refractivity contribution in [2.24, 2.45) is 10.8 Å². The van der Waals surface area contributed by atoms with E-state index < -0.39 is 24.5 Å². The van der Waals surface area contributed by atoms with Crippen molar-refractivity contribution < 1.29 is 31.8 Å². The molecule has 0 radical (unpaired) electrons. The topological polar surface area (TPSA) is 99.7 Å². The van der Waals surface area contributed by atoms with Crippen LogP contribution in [-0.4, -0.2) is 101 Å². The van der Waals surface area contributed by atoms with Gasteiger partial charge in [-0.25, -0.2) is 4.39 Å². The van der Waals surface area contributed by atoms with Gasteiger partial charge in [0.1, 0.15) is 17.4 Å². The van der Waals surface area contributed by atoms with Crippen molar-refractivity contribution >= 4 is 33.5 Å². The first-order valence-corrected chi connectivity index (χ1v) is 20.1. The summed E-state index contributed by atoms with van der Waals surface area (Å²) in [5.41, 5.74) is 4.43. The third-order valence-electron chi connectivity index (χ3n) is 13.0. The number of rotatable bonds is 10. The summed E-state index contributed by atoms with van der Waals surface area (Å²) < 4.78 is 68.6. The number of carbonyl (C=O) groups excluding carboxylic acids is 1. The summed E-state index contributed by atoms with van der Waals surface area (Å²) in [5, 5.41) is 8.73. The number of nitrogens with one attached hydrogen (secondary N) is 1. The minimum Gasteiger partial charge on any atom is -0.481 e. The van der Waals surface area contributed by atoms with Crippen LogP contribution in [0.25, 0.3) is 32.9 Å². The molecule has 9 rings (SSSR count). The molecule has 10 nitrogen and oxygen atoms in total. The third kappa shape index (κ3) is 6.85. The lowest BCUT2D eigenvalue weighted by Crippen LogP contribution is -2.62. The number of halogens is 4. The molecule has 5 heterocycles. The van der Waals surface area contributed by atoms with Gasteiger partial charge in [-0.2, -0.15) is 28.2 Å². The molecule has 2 aromatic heterocycles. The number of hydrogen-bond acceptors (Lipinski definition) is 8. The predicted octanol–water partition coefficient (Wildman–Crippen LogP) is 8.25. The molecule has 14 heteroatoms. The molecule has 5 aliphatic rings. The second kappa shape index (κ2) is 13.9. The van der Waals surface area contributed by atoms with Crippen molar-refractivity contribution in [3.05, 3.63) is 47.9 Å². The first-order valence-electron chi connectivity index (χ1n) is 20.1. The number of carbonyl (C=O) groups is 1. The summed E-state index contributed by atoms with van der Waals surface area (Å²) in [4.78, 5) is 28.5. The molecule has 1 N–H and O–H groups in total. The highest BCUT2D eigenvalue weighted by Gasteiger charge is 2.48. The first-order chi connectivity index (χ1) is 26.8. The number of nitrogens with zero attached hydrogens (tertiary/aromatic N) is 6. The second-order valence-electron chi connectivity index (χ2n) is 17.2. The van der Waals surface area contributed by atoms with Crippen LogP contribution in [-0.2, 0) is 4.79 Å². The van der Waals surface area contributed by atoms with E-state index in [1.165, 1.54) is 4.90 Å². The number of alkyl halides is 3. The molecule has 0 atom stereocenters. The van der Waals surface area contributed by atoms with Crippen LogP contribution >= 0.6 is 0 Å². The number of benzene rings is 2. The fraction of sp³-hybridized carbons (Fsp3) is 0.571. The highest BCUT2D eigenvalue weighted by atomic mass is 19.4. The van der Waals surface area contributed by atoms with Crippen LogP contribution in [0, 0.1) is 17.8 Å². The summed E-state index contributed by atoms with van der Waals surface area (Å²) in [5.74, 6) is -0.801. The standard InChI is InChI=1S/C42H49F4N7O3/c1-4-15-51-20-40(21-51)11-9-28(10-12-40)56-39-48-35-30(37(49-39)52-16-13-41(14-17-52)22-53(23-41)38(54)26(3)43)18-29(27-6-7-27)34(36(35)55-24-42(44,45)46)33-25(2)5-8-32-31(33)19-47-50-32/h5,8,18-19,27-28H,3-4,6-7,9-17,20-24H2,1-2H3,(H,47,50). The van der Waals surface area contributed by atoms with E-state index in [0.29, 0.717) is 48.4 Å². The van der Waals surface area contributed by atoms with Gasteiger partial charge in [0.15, 0.2) is 18.2 Å². The summed E-state index contributed by atoms with van der Waals surface area (Å²) >= 11 is 0. The average molecular weight is 776 g/mol. The number of aromatic nitrogens is 4. The van der Waals surface area contributed by atoms with Gasteiger partial charge in [-0.05, 0) is 111 Å². The Bertz CT molecular complexity index is 2170. The number of ether oxygens (including phenoxy) is 2. The van der Waals surface area contributed by atoms with Crippen LogP contribution in [0.15, 0.2) is 36.8 Å². The maximum atomic E-state index is 14.1. The first kappa shape index (κ1) is 37.1. The number of fused-ring (bicyclic) bond motifs is 2. The summed E-state index contributed by atoms with van der Waals surface area (Å²) in [6.45, 7) is 11.3. The molecule has 56 heavy (non-hydrogen) atoms. The number of hydrogen-bond donors (Lipinski definition) is 1. The number of piperidine rings is 1. The summed E-state index contributed by atoms with van der Waals surface area (Å²) in [6, 6.07) is 6.09. The maximum absolute atomic E-state index is 14.1. The van der Waals surface area contributed by atoms with Crippen LogP contribution in [0.4, 0.5) is 23.4 Å². The van der Waals surface area contributed by atoms with Crippen molar-refractivity contribution in [2.45, 2.75) is 89.8 Å². The van der Waals surface area contributed by atoms with Gasteiger partial charge in [0, 0.05) is 61.0 Å². The quantitative estimate of drug-likeness (QED) is 0.127. The Morgan fingerprint density at radius 3 is 2.36 bits per heavy atom. The molecule has 2 saturated carbocycles. The third-order valence-corrected chi connectivity index (χ3v) is 13.0. The Morgan fingerprint density at radius 2 is 1.70 bits per heavy atom. The lowest BCUT2D eigenvalue weighted by atomic mass is 9.68. The van der Waals surface area contributed by atoms with Gasteiger partial charge in [-0.3, -0.25) is 9.89 Å². The molecular weight excluding hydrogens is 726 g/mol. The van der Waals surface area contributed by atoms with Gasteiger partial charge in [-0.15, -0.1) is 0 Å². The van der Waals surface area contributed by atoms with Crippen molar-refractivity contribution in [3.63, 3.8) is 0 Å². The number of likely N-dealkylation sites (tertiary alicyclic amines) is 2. The number of amides is 1. The Labute approximate surface area is 323 Å². The molecule has 0 unspecified atom stereocenters. The van der Waals surface area contributed by atoms with E-state index >= 15 is 0 Å². The fourth-order valence-corrected chi connectivity index (χ4v) is 9.99. The Hall–Kier alpha value is -4.46. The largest absolute Gasteiger partial charge is 0.481 e. The average Bonchev–Trinajstić information content (AvgIpc) is 3.88. The molecule has 298 valence electrons. The molecule has 0 bridgehead atoms. The minimum absolute atomic E-state index is 0.0770. The van der Waals surface area contributed by atoms with E-state index in [9.17, 15) is 22.4 Å². The number of aromatic amines is 1. The lowest BCUT2D eigenvalue weighted by molar-refractivity contribution is -0.153. The summed E-state index contributed by atoms with van der Waals surface area (Å²) in [7, 11) is 0. The maximum Gasteiger partial charge on any atom is 0.422 e. The van der Waals surface area contributed by atoms with Crippen molar-refractivity contribution in [1.29, 1.82) is 0 Å². The second-order valence-corrected chi connectivity index (χ2v) is 17.2. The minimum atomic E-state index is -4.59.